The Labute approximate surface area is 99.6 Å². The Bertz CT molecular complexity index is 311. The van der Waals surface area contributed by atoms with Crippen molar-refractivity contribution in [3.63, 3.8) is 0 Å². The van der Waals surface area contributed by atoms with Crippen molar-refractivity contribution in [2.75, 3.05) is 0 Å². The standard InChI is InChI=1S/C15H24O/c1-7-9-10(3)13(11(4)16)14-12(8-2)15(14,5)6/h7,12-14H,1,3,8-9H2,2,4-6H3/t12-,13+,14-/m0/s1. The van der Waals surface area contributed by atoms with E-state index in [1.54, 1.807) is 6.92 Å². The number of Topliss-reactive ketones (excluding diaryl/α,β-unsaturated/α-hetero) is 1. The van der Waals surface area contributed by atoms with E-state index in [-0.39, 0.29) is 11.7 Å². The lowest BCUT2D eigenvalue weighted by molar-refractivity contribution is -0.120. The quantitative estimate of drug-likeness (QED) is 0.618. The van der Waals surface area contributed by atoms with Gasteiger partial charge in [-0.05, 0) is 30.6 Å². The third-order valence-electron chi connectivity index (χ3n) is 4.22. The van der Waals surface area contributed by atoms with Crippen molar-refractivity contribution in [1.82, 2.24) is 0 Å². The molecule has 0 aromatic rings. The Morgan fingerprint density at radius 2 is 2.06 bits per heavy atom. The van der Waals surface area contributed by atoms with E-state index in [4.69, 9.17) is 0 Å². The topological polar surface area (TPSA) is 17.1 Å². The van der Waals surface area contributed by atoms with Gasteiger partial charge < -0.3 is 0 Å². The number of hydrogen-bond donors (Lipinski definition) is 0. The van der Waals surface area contributed by atoms with Crippen LogP contribution in [0.4, 0.5) is 0 Å². The van der Waals surface area contributed by atoms with Gasteiger partial charge in [0, 0.05) is 5.92 Å². The first-order chi connectivity index (χ1) is 7.37. The molecule has 90 valence electrons. The zero-order valence-corrected chi connectivity index (χ0v) is 11.0. The van der Waals surface area contributed by atoms with Gasteiger partial charge in [0.1, 0.15) is 5.78 Å². The molecule has 0 radical (unpaired) electrons. The summed E-state index contributed by atoms with van der Waals surface area (Å²) >= 11 is 0. The van der Waals surface area contributed by atoms with Gasteiger partial charge in [0.15, 0.2) is 0 Å². The van der Waals surface area contributed by atoms with Crippen LogP contribution in [0.2, 0.25) is 0 Å². The number of rotatable bonds is 6. The molecule has 1 aliphatic rings. The molecule has 0 bridgehead atoms. The Kier molecular flexibility index (Phi) is 3.77. The molecule has 0 amide bonds. The number of allylic oxidation sites excluding steroid dienone is 2. The van der Waals surface area contributed by atoms with Crippen LogP contribution in [0.1, 0.15) is 40.5 Å². The minimum Gasteiger partial charge on any atom is -0.299 e. The lowest BCUT2D eigenvalue weighted by Crippen LogP contribution is -2.18. The second-order valence-electron chi connectivity index (χ2n) is 5.60. The van der Waals surface area contributed by atoms with E-state index < -0.39 is 0 Å². The summed E-state index contributed by atoms with van der Waals surface area (Å²) in [5, 5.41) is 0. The summed E-state index contributed by atoms with van der Waals surface area (Å²) < 4.78 is 0. The summed E-state index contributed by atoms with van der Waals surface area (Å²) in [7, 11) is 0. The summed E-state index contributed by atoms with van der Waals surface area (Å²) in [6.07, 6.45) is 3.75. The molecule has 1 saturated carbocycles. The molecule has 0 N–H and O–H groups in total. The van der Waals surface area contributed by atoms with Crippen LogP contribution in [-0.2, 0) is 4.79 Å². The number of carbonyl (C=O) groups is 1. The molecular weight excluding hydrogens is 196 g/mol. The molecular formula is C15H24O. The van der Waals surface area contributed by atoms with Crippen LogP contribution in [0.15, 0.2) is 24.8 Å². The van der Waals surface area contributed by atoms with Crippen LogP contribution in [0.25, 0.3) is 0 Å². The van der Waals surface area contributed by atoms with Crippen LogP contribution in [-0.4, -0.2) is 5.78 Å². The van der Waals surface area contributed by atoms with Gasteiger partial charge in [0.25, 0.3) is 0 Å². The molecule has 0 aliphatic heterocycles. The molecule has 1 fully saturated rings. The van der Waals surface area contributed by atoms with Crippen LogP contribution < -0.4 is 0 Å². The van der Waals surface area contributed by atoms with Gasteiger partial charge in [-0.15, -0.1) is 6.58 Å². The lowest BCUT2D eigenvalue weighted by atomic mass is 9.86. The zero-order chi connectivity index (χ0) is 12.5. The van der Waals surface area contributed by atoms with Crippen molar-refractivity contribution in [2.24, 2.45) is 23.2 Å². The van der Waals surface area contributed by atoms with Crippen LogP contribution in [0, 0.1) is 23.2 Å². The highest BCUT2D eigenvalue weighted by Crippen LogP contribution is 2.64. The zero-order valence-electron chi connectivity index (χ0n) is 11.0. The Morgan fingerprint density at radius 3 is 2.38 bits per heavy atom. The maximum Gasteiger partial charge on any atom is 0.137 e. The molecule has 0 unspecified atom stereocenters. The van der Waals surface area contributed by atoms with Crippen molar-refractivity contribution in [2.45, 2.75) is 40.5 Å². The number of carbonyl (C=O) groups excluding carboxylic acids is 1. The highest BCUT2D eigenvalue weighted by molar-refractivity contribution is 5.82. The summed E-state index contributed by atoms with van der Waals surface area (Å²) in [5.41, 5.74) is 1.34. The molecule has 16 heavy (non-hydrogen) atoms. The Hall–Kier alpha value is -0.850. The monoisotopic (exact) mass is 220 g/mol. The van der Waals surface area contributed by atoms with E-state index in [0.29, 0.717) is 17.3 Å². The molecule has 1 heteroatoms. The second-order valence-corrected chi connectivity index (χ2v) is 5.60. The number of ketones is 1. The predicted molar refractivity (Wildman–Crippen MR) is 69.2 cm³/mol. The minimum atomic E-state index is 0.0398. The van der Waals surface area contributed by atoms with Gasteiger partial charge >= 0.3 is 0 Å². The van der Waals surface area contributed by atoms with Gasteiger partial charge in [-0.2, -0.15) is 0 Å². The van der Waals surface area contributed by atoms with Gasteiger partial charge in [-0.1, -0.05) is 45.4 Å². The maximum absolute atomic E-state index is 11.8. The third-order valence-corrected chi connectivity index (χ3v) is 4.22. The predicted octanol–water partition coefficient (Wildman–Crippen LogP) is 4.01. The fraction of sp³-hybridized carbons (Fsp3) is 0.667. The molecule has 1 rings (SSSR count). The first kappa shape index (κ1) is 13.2. The fourth-order valence-electron chi connectivity index (χ4n) is 3.33. The first-order valence-electron chi connectivity index (χ1n) is 6.16. The van der Waals surface area contributed by atoms with E-state index in [1.807, 2.05) is 6.08 Å². The van der Waals surface area contributed by atoms with E-state index in [2.05, 4.69) is 33.9 Å². The van der Waals surface area contributed by atoms with Crippen molar-refractivity contribution in [3.8, 4) is 0 Å². The van der Waals surface area contributed by atoms with Gasteiger partial charge in [0.2, 0.25) is 0 Å². The summed E-state index contributed by atoms with van der Waals surface area (Å²) in [5.74, 6) is 1.46. The second kappa shape index (κ2) is 4.57. The van der Waals surface area contributed by atoms with E-state index >= 15 is 0 Å². The van der Waals surface area contributed by atoms with Crippen LogP contribution in [0.3, 0.4) is 0 Å². The molecule has 0 aromatic heterocycles. The van der Waals surface area contributed by atoms with Crippen molar-refractivity contribution in [1.29, 1.82) is 0 Å². The smallest absolute Gasteiger partial charge is 0.137 e. The third kappa shape index (κ3) is 2.14. The lowest BCUT2D eigenvalue weighted by Gasteiger charge is -2.17. The van der Waals surface area contributed by atoms with Gasteiger partial charge in [0.05, 0.1) is 0 Å². The Morgan fingerprint density at radius 1 is 1.50 bits per heavy atom. The molecule has 0 aromatic carbocycles. The van der Waals surface area contributed by atoms with Crippen molar-refractivity contribution >= 4 is 5.78 Å². The van der Waals surface area contributed by atoms with Crippen molar-refractivity contribution < 1.29 is 4.79 Å². The van der Waals surface area contributed by atoms with E-state index in [1.165, 1.54) is 0 Å². The van der Waals surface area contributed by atoms with Gasteiger partial charge in [-0.3, -0.25) is 4.79 Å². The first-order valence-corrected chi connectivity index (χ1v) is 6.16. The largest absolute Gasteiger partial charge is 0.299 e. The highest BCUT2D eigenvalue weighted by atomic mass is 16.1. The molecule has 0 spiro atoms. The summed E-state index contributed by atoms with van der Waals surface area (Å²) in [6.45, 7) is 16.2. The van der Waals surface area contributed by atoms with Crippen LogP contribution >= 0.6 is 0 Å². The average molecular weight is 220 g/mol. The maximum atomic E-state index is 11.8. The van der Waals surface area contributed by atoms with Crippen LogP contribution in [0.5, 0.6) is 0 Å². The average Bonchev–Trinajstić information content (AvgIpc) is 2.68. The van der Waals surface area contributed by atoms with E-state index in [9.17, 15) is 4.79 Å². The molecule has 3 atom stereocenters. The van der Waals surface area contributed by atoms with Gasteiger partial charge in [-0.25, -0.2) is 0 Å². The Balaban J connectivity index is 2.85. The summed E-state index contributed by atoms with van der Waals surface area (Å²) in [4.78, 5) is 11.8. The molecule has 0 heterocycles. The molecule has 0 saturated heterocycles. The molecule has 1 aliphatic carbocycles. The highest BCUT2D eigenvalue weighted by Gasteiger charge is 2.60. The fourth-order valence-corrected chi connectivity index (χ4v) is 3.33. The SMILES string of the molecule is C=CCC(=C)[C@H](C(C)=O)[C@@H]1[C@H](CC)C1(C)C. The van der Waals surface area contributed by atoms with Crippen molar-refractivity contribution in [3.05, 3.63) is 24.8 Å². The molecule has 1 nitrogen and oxygen atoms in total. The normalized spacial score (nSPS) is 28.2. The number of hydrogen-bond acceptors (Lipinski definition) is 1. The minimum absolute atomic E-state index is 0.0398. The summed E-state index contributed by atoms with van der Waals surface area (Å²) in [6, 6.07) is 0. The van der Waals surface area contributed by atoms with E-state index in [0.717, 1.165) is 18.4 Å².